The fourth-order valence-corrected chi connectivity index (χ4v) is 4.26. The van der Waals surface area contributed by atoms with Crippen LogP contribution in [0.25, 0.3) is 0 Å². The van der Waals surface area contributed by atoms with Gasteiger partial charge in [0.1, 0.15) is 6.04 Å². The van der Waals surface area contributed by atoms with Crippen molar-refractivity contribution in [3.8, 4) is 0 Å². The summed E-state index contributed by atoms with van der Waals surface area (Å²) in [6.45, 7) is 8.37. The molecule has 37 heavy (non-hydrogen) atoms. The van der Waals surface area contributed by atoms with Crippen molar-refractivity contribution in [1.82, 2.24) is 30.2 Å². The smallest absolute Gasteiger partial charge is 0.317 e. The molecule has 2 amide bonds. The molecule has 1 saturated heterocycles. The molecule has 1 rings (SSSR count). The van der Waals surface area contributed by atoms with Crippen molar-refractivity contribution < 1.29 is 44.0 Å². The quantitative estimate of drug-likeness (QED) is 0.0696. The molecule has 1 aliphatic rings. The van der Waals surface area contributed by atoms with Crippen LogP contribution < -0.4 is 10.6 Å². The van der Waals surface area contributed by atoms with Gasteiger partial charge in [-0.05, 0) is 13.5 Å². The number of carboxylic acids is 2. The van der Waals surface area contributed by atoms with Crippen LogP contribution >= 0.6 is 12.0 Å². The van der Waals surface area contributed by atoms with E-state index in [4.69, 9.17) is 5.26 Å². The number of amides is 2. The summed E-state index contributed by atoms with van der Waals surface area (Å²) in [6.07, 6.45) is 0. The van der Waals surface area contributed by atoms with Crippen molar-refractivity contribution in [3.05, 3.63) is 0 Å². The summed E-state index contributed by atoms with van der Waals surface area (Å²) in [4.78, 5) is 55.4. The van der Waals surface area contributed by atoms with Crippen LogP contribution in [0.1, 0.15) is 13.8 Å². The number of rotatable bonds is 14. The Morgan fingerprint density at radius 1 is 0.811 bits per heavy atom. The Morgan fingerprint density at radius 3 is 1.68 bits per heavy atom. The zero-order chi connectivity index (χ0) is 27.6. The Labute approximate surface area is 221 Å². The SMILES string of the molecule is CCNC(=O)[C@@H](CSOOO)NC(=O)CN1CCN(CC)CCN(CC(=O)O)CCN(CC(=O)O)CC1. The van der Waals surface area contributed by atoms with Crippen LogP contribution in [-0.2, 0) is 28.6 Å². The second-order valence-corrected chi connectivity index (χ2v) is 9.20. The lowest BCUT2D eigenvalue weighted by molar-refractivity contribution is -0.432. The van der Waals surface area contributed by atoms with E-state index in [1.807, 2.05) is 11.8 Å². The summed E-state index contributed by atoms with van der Waals surface area (Å²) in [5, 5.41) is 35.7. The number of hydrogen-bond donors (Lipinski definition) is 5. The fraction of sp³-hybridized carbons (Fsp3) is 0.810. The highest BCUT2D eigenvalue weighted by Gasteiger charge is 2.24. The Kier molecular flexibility index (Phi) is 17.0. The lowest BCUT2D eigenvalue weighted by Crippen LogP contribution is -2.52. The van der Waals surface area contributed by atoms with Gasteiger partial charge in [-0.3, -0.25) is 33.9 Å². The monoisotopic (exact) mass is 552 g/mol. The maximum atomic E-state index is 12.8. The van der Waals surface area contributed by atoms with E-state index in [1.165, 1.54) is 0 Å². The van der Waals surface area contributed by atoms with Crippen LogP contribution in [-0.4, -0.2) is 156 Å². The molecule has 0 unspecified atom stereocenters. The Bertz CT molecular complexity index is 720. The Balaban J connectivity index is 2.90. The summed E-state index contributed by atoms with van der Waals surface area (Å²) in [5.41, 5.74) is 0. The van der Waals surface area contributed by atoms with Gasteiger partial charge in [-0.1, -0.05) is 12.0 Å². The number of aliphatic carboxylic acids is 2. The van der Waals surface area contributed by atoms with E-state index in [2.05, 4.69) is 24.9 Å². The van der Waals surface area contributed by atoms with Gasteiger partial charge in [-0.15, -0.1) is 4.33 Å². The molecule has 1 heterocycles. The van der Waals surface area contributed by atoms with Crippen LogP contribution in [0.2, 0.25) is 0 Å². The average Bonchev–Trinajstić information content (AvgIpc) is 2.83. The second kappa shape index (κ2) is 19.1. The second-order valence-electron chi connectivity index (χ2n) is 8.49. The molecule has 0 aromatic carbocycles. The van der Waals surface area contributed by atoms with Crippen LogP contribution in [0.15, 0.2) is 0 Å². The minimum atomic E-state index is -0.991. The van der Waals surface area contributed by atoms with Gasteiger partial charge in [0.2, 0.25) is 11.8 Å². The summed E-state index contributed by atoms with van der Waals surface area (Å²) >= 11 is 0.661. The Hall–Kier alpha value is -2.05. The van der Waals surface area contributed by atoms with Gasteiger partial charge in [0.15, 0.2) is 0 Å². The highest BCUT2D eigenvalue weighted by molar-refractivity contribution is 7.94. The number of carbonyl (C=O) groups is 4. The van der Waals surface area contributed by atoms with E-state index < -0.39 is 29.8 Å². The highest BCUT2D eigenvalue weighted by Crippen LogP contribution is 2.06. The first kappa shape index (κ1) is 33.0. The molecule has 214 valence electrons. The number of carboxylic acid groups (broad SMARTS) is 2. The van der Waals surface area contributed by atoms with Gasteiger partial charge in [0, 0.05) is 70.9 Å². The maximum absolute atomic E-state index is 12.8. The topological polar surface area (TPSA) is 184 Å². The van der Waals surface area contributed by atoms with E-state index in [0.717, 1.165) is 6.54 Å². The molecule has 0 aliphatic carbocycles. The minimum absolute atomic E-state index is 0.000970. The zero-order valence-corrected chi connectivity index (χ0v) is 22.3. The summed E-state index contributed by atoms with van der Waals surface area (Å²) in [6, 6.07) is -0.920. The first-order valence-corrected chi connectivity index (χ1v) is 13.1. The molecular formula is C21H40N6O9S. The van der Waals surface area contributed by atoms with Crippen LogP contribution in [0.5, 0.6) is 0 Å². The van der Waals surface area contributed by atoms with Gasteiger partial charge < -0.3 is 25.7 Å². The van der Waals surface area contributed by atoms with E-state index in [1.54, 1.807) is 16.7 Å². The molecule has 15 nitrogen and oxygen atoms in total. The van der Waals surface area contributed by atoms with Gasteiger partial charge in [-0.2, -0.15) is 0 Å². The minimum Gasteiger partial charge on any atom is -0.480 e. The largest absolute Gasteiger partial charge is 0.480 e. The van der Waals surface area contributed by atoms with Gasteiger partial charge >= 0.3 is 11.9 Å². The lowest BCUT2D eigenvalue weighted by Gasteiger charge is -2.33. The van der Waals surface area contributed by atoms with Crippen LogP contribution in [0.3, 0.4) is 0 Å². The van der Waals surface area contributed by atoms with Crippen molar-refractivity contribution in [2.24, 2.45) is 0 Å². The maximum Gasteiger partial charge on any atom is 0.317 e. The van der Waals surface area contributed by atoms with E-state index in [-0.39, 0.29) is 25.4 Å². The number of hydrogen-bond acceptors (Lipinski definition) is 12. The van der Waals surface area contributed by atoms with Crippen molar-refractivity contribution in [2.75, 3.05) is 90.8 Å². The summed E-state index contributed by atoms with van der Waals surface area (Å²) < 4.78 is 4.33. The van der Waals surface area contributed by atoms with Crippen LogP contribution in [0, 0.1) is 0 Å². The molecule has 0 saturated carbocycles. The third-order valence-corrected chi connectivity index (χ3v) is 6.40. The molecular weight excluding hydrogens is 512 g/mol. The Morgan fingerprint density at radius 2 is 1.27 bits per heavy atom. The predicted molar refractivity (Wildman–Crippen MR) is 135 cm³/mol. The molecule has 0 bridgehead atoms. The lowest BCUT2D eigenvalue weighted by atomic mass is 10.3. The first-order chi connectivity index (χ1) is 17.7. The molecule has 1 atom stereocenters. The van der Waals surface area contributed by atoms with E-state index >= 15 is 0 Å². The predicted octanol–water partition coefficient (Wildman–Crippen LogP) is -1.91. The van der Waals surface area contributed by atoms with E-state index in [0.29, 0.717) is 70.9 Å². The van der Waals surface area contributed by atoms with Gasteiger partial charge in [0.05, 0.1) is 25.4 Å². The number of nitrogens with one attached hydrogen (secondary N) is 2. The standard InChI is InChI=1S/C21H40N6O9S/c1-3-22-21(33)17(16-37-36-35-34)23-18(28)13-25-7-5-24(4-2)6-8-26(14-19(29)30)11-12-27(10-9-25)15-20(31)32/h17,34H,3-16H2,1-2H3,(H,22,33)(H,23,28)(H,29,30)(H,31,32)/t17-/m1/s1. The summed E-state index contributed by atoms with van der Waals surface area (Å²) in [5.74, 6) is -2.73. The summed E-state index contributed by atoms with van der Waals surface area (Å²) in [7, 11) is 0. The zero-order valence-electron chi connectivity index (χ0n) is 21.5. The molecule has 1 fully saturated rings. The molecule has 0 aromatic heterocycles. The third kappa shape index (κ3) is 15.1. The van der Waals surface area contributed by atoms with Gasteiger partial charge in [-0.25, -0.2) is 5.26 Å². The van der Waals surface area contributed by atoms with Crippen molar-refractivity contribution in [3.63, 3.8) is 0 Å². The molecule has 0 radical (unpaired) electrons. The van der Waals surface area contributed by atoms with Crippen molar-refractivity contribution in [2.45, 2.75) is 19.9 Å². The molecule has 0 spiro atoms. The number of nitrogens with zero attached hydrogens (tertiary/aromatic N) is 4. The van der Waals surface area contributed by atoms with Crippen molar-refractivity contribution in [1.29, 1.82) is 0 Å². The normalized spacial score (nSPS) is 18.4. The molecule has 1 aliphatic heterocycles. The average molecular weight is 553 g/mol. The number of likely N-dealkylation sites (N-methyl/N-ethyl adjacent to an activating group) is 2. The molecule has 0 aromatic rings. The van der Waals surface area contributed by atoms with Crippen LogP contribution in [0.4, 0.5) is 0 Å². The van der Waals surface area contributed by atoms with E-state index in [9.17, 15) is 29.4 Å². The molecule has 5 N–H and O–H groups in total. The fourth-order valence-electron chi connectivity index (χ4n) is 3.79. The number of carbonyl (C=O) groups excluding carboxylic acids is 2. The highest BCUT2D eigenvalue weighted by atomic mass is 32.2. The third-order valence-electron chi connectivity index (χ3n) is 5.78. The van der Waals surface area contributed by atoms with Gasteiger partial charge in [0.25, 0.3) is 0 Å². The van der Waals surface area contributed by atoms with Crippen molar-refractivity contribution >= 4 is 35.8 Å². The molecule has 16 heteroatoms. The first-order valence-electron chi connectivity index (χ1n) is 12.2.